The fourth-order valence-corrected chi connectivity index (χ4v) is 1.18. The second kappa shape index (κ2) is 3.59. The van der Waals surface area contributed by atoms with Gasteiger partial charge in [-0.1, -0.05) is 12.1 Å². The van der Waals surface area contributed by atoms with Crippen molar-refractivity contribution >= 4 is 0 Å². The molecular formula is C10H16NO+. The summed E-state index contributed by atoms with van der Waals surface area (Å²) in [7, 11) is 0. The van der Waals surface area contributed by atoms with Crippen molar-refractivity contribution in [3.05, 3.63) is 29.3 Å². The smallest absolute Gasteiger partial charge is 0.118 e. The molecule has 2 heteroatoms. The molecule has 1 atom stereocenters. The quantitative estimate of drug-likeness (QED) is 0.673. The van der Waals surface area contributed by atoms with Crippen LogP contribution in [-0.2, 0) is 6.42 Å². The van der Waals surface area contributed by atoms with Gasteiger partial charge in [0.25, 0.3) is 0 Å². The van der Waals surface area contributed by atoms with Gasteiger partial charge < -0.3 is 10.8 Å². The summed E-state index contributed by atoms with van der Waals surface area (Å²) in [6.07, 6.45) is 0.924. The molecular weight excluding hydrogens is 150 g/mol. The summed E-state index contributed by atoms with van der Waals surface area (Å²) in [4.78, 5) is 0. The first-order valence-corrected chi connectivity index (χ1v) is 4.21. The molecule has 0 unspecified atom stereocenters. The van der Waals surface area contributed by atoms with Gasteiger partial charge in [0.05, 0.1) is 6.04 Å². The van der Waals surface area contributed by atoms with Crippen molar-refractivity contribution in [1.29, 1.82) is 0 Å². The van der Waals surface area contributed by atoms with E-state index in [9.17, 15) is 5.11 Å². The number of rotatable bonds is 2. The van der Waals surface area contributed by atoms with Crippen molar-refractivity contribution in [2.45, 2.75) is 26.3 Å². The number of hydrogen-bond acceptors (Lipinski definition) is 1. The molecule has 0 bridgehead atoms. The maximum Gasteiger partial charge on any atom is 0.118 e. The molecule has 0 amide bonds. The van der Waals surface area contributed by atoms with E-state index in [-0.39, 0.29) is 0 Å². The molecule has 0 fully saturated rings. The zero-order valence-electron chi connectivity index (χ0n) is 7.67. The molecule has 1 rings (SSSR count). The van der Waals surface area contributed by atoms with Crippen molar-refractivity contribution in [1.82, 2.24) is 0 Å². The Hall–Kier alpha value is -1.02. The molecule has 12 heavy (non-hydrogen) atoms. The third kappa shape index (κ3) is 2.24. The lowest BCUT2D eigenvalue weighted by atomic mass is 10.1. The van der Waals surface area contributed by atoms with Crippen LogP contribution < -0.4 is 5.73 Å². The van der Waals surface area contributed by atoms with Crippen LogP contribution in [0.4, 0.5) is 0 Å². The van der Waals surface area contributed by atoms with Crippen LogP contribution in [-0.4, -0.2) is 11.1 Å². The molecule has 0 heterocycles. The van der Waals surface area contributed by atoms with Gasteiger partial charge in [0.15, 0.2) is 0 Å². The van der Waals surface area contributed by atoms with Crippen molar-refractivity contribution < 1.29 is 10.8 Å². The van der Waals surface area contributed by atoms with Gasteiger partial charge in [0.2, 0.25) is 0 Å². The molecule has 0 aliphatic carbocycles. The van der Waals surface area contributed by atoms with Gasteiger partial charge in [-0.2, -0.15) is 0 Å². The van der Waals surface area contributed by atoms with E-state index < -0.39 is 0 Å². The van der Waals surface area contributed by atoms with Gasteiger partial charge >= 0.3 is 0 Å². The van der Waals surface area contributed by atoms with Crippen LogP contribution in [0, 0.1) is 6.92 Å². The van der Waals surface area contributed by atoms with Crippen molar-refractivity contribution in [2.75, 3.05) is 0 Å². The molecule has 0 spiro atoms. The zero-order valence-corrected chi connectivity index (χ0v) is 7.67. The Bertz CT molecular complexity index is 269. The largest absolute Gasteiger partial charge is 0.508 e. The van der Waals surface area contributed by atoms with E-state index in [1.807, 2.05) is 25.1 Å². The maximum atomic E-state index is 9.39. The number of aromatic hydroxyl groups is 1. The summed E-state index contributed by atoms with van der Waals surface area (Å²) in [6, 6.07) is 6.19. The molecule has 0 saturated heterocycles. The lowest BCUT2D eigenvalue weighted by Gasteiger charge is -2.04. The standard InChI is InChI=1S/C10H15NO/c1-7-3-4-9(5-8(2)11)6-10(7)12/h3-4,6,8,12H,5,11H2,1-2H3/p+1/t8-/m1/s1. The van der Waals surface area contributed by atoms with Crippen LogP contribution in [0.2, 0.25) is 0 Å². The number of benzene rings is 1. The summed E-state index contributed by atoms with van der Waals surface area (Å²) in [5.74, 6) is 0.383. The lowest BCUT2D eigenvalue weighted by molar-refractivity contribution is -0.413. The number of phenols is 1. The minimum absolute atomic E-state index is 0.383. The fraction of sp³-hybridized carbons (Fsp3) is 0.400. The molecule has 2 nitrogen and oxygen atoms in total. The van der Waals surface area contributed by atoms with Crippen LogP contribution in [0.15, 0.2) is 18.2 Å². The number of phenolic OH excluding ortho intramolecular Hbond substituents is 1. The highest BCUT2D eigenvalue weighted by Gasteiger charge is 2.02. The fourth-order valence-electron chi connectivity index (χ4n) is 1.18. The zero-order chi connectivity index (χ0) is 9.14. The van der Waals surface area contributed by atoms with Crippen molar-refractivity contribution in [2.24, 2.45) is 0 Å². The highest BCUT2D eigenvalue weighted by atomic mass is 16.3. The Kier molecular flexibility index (Phi) is 2.71. The molecule has 0 saturated carbocycles. The second-order valence-corrected chi connectivity index (χ2v) is 3.43. The average Bonchev–Trinajstić information content (AvgIpc) is 1.96. The third-order valence-corrected chi connectivity index (χ3v) is 1.86. The molecule has 66 valence electrons. The van der Waals surface area contributed by atoms with Crippen LogP contribution >= 0.6 is 0 Å². The number of quaternary nitrogens is 1. The molecule has 1 aromatic rings. The number of hydrogen-bond donors (Lipinski definition) is 2. The van der Waals surface area contributed by atoms with Gasteiger partial charge in [0, 0.05) is 6.42 Å². The first kappa shape index (κ1) is 9.07. The van der Waals surface area contributed by atoms with Crippen LogP contribution in [0.5, 0.6) is 5.75 Å². The van der Waals surface area contributed by atoms with E-state index in [1.165, 1.54) is 0 Å². The minimum Gasteiger partial charge on any atom is -0.508 e. The van der Waals surface area contributed by atoms with Crippen molar-refractivity contribution in [3.63, 3.8) is 0 Å². The van der Waals surface area contributed by atoms with E-state index in [0.29, 0.717) is 11.8 Å². The van der Waals surface area contributed by atoms with Crippen molar-refractivity contribution in [3.8, 4) is 5.75 Å². The summed E-state index contributed by atoms with van der Waals surface area (Å²) >= 11 is 0. The van der Waals surface area contributed by atoms with Gasteiger partial charge in [-0.15, -0.1) is 0 Å². The van der Waals surface area contributed by atoms with Gasteiger partial charge in [-0.25, -0.2) is 0 Å². The summed E-state index contributed by atoms with van der Waals surface area (Å²) < 4.78 is 0. The molecule has 1 aromatic carbocycles. The van der Waals surface area contributed by atoms with Gasteiger partial charge in [-0.3, -0.25) is 0 Å². The molecule has 0 aliphatic rings. The Morgan fingerprint density at radius 1 is 1.50 bits per heavy atom. The first-order valence-electron chi connectivity index (χ1n) is 4.21. The molecule has 0 radical (unpaired) electrons. The number of aryl methyl sites for hydroxylation is 1. The van der Waals surface area contributed by atoms with E-state index in [0.717, 1.165) is 17.5 Å². The summed E-state index contributed by atoms with van der Waals surface area (Å²) in [6.45, 7) is 3.96. The van der Waals surface area contributed by atoms with Crippen LogP contribution in [0.3, 0.4) is 0 Å². The normalized spacial score (nSPS) is 12.9. The average molecular weight is 166 g/mol. The predicted octanol–water partition coefficient (Wildman–Crippen LogP) is 0.874. The van der Waals surface area contributed by atoms with Gasteiger partial charge in [0.1, 0.15) is 5.75 Å². The molecule has 0 aromatic heterocycles. The van der Waals surface area contributed by atoms with Crippen LogP contribution in [0.25, 0.3) is 0 Å². The highest BCUT2D eigenvalue weighted by Crippen LogP contribution is 2.17. The Morgan fingerprint density at radius 3 is 2.67 bits per heavy atom. The Balaban J connectivity index is 2.82. The lowest BCUT2D eigenvalue weighted by Crippen LogP contribution is -2.60. The molecule has 4 N–H and O–H groups in total. The Morgan fingerprint density at radius 2 is 2.17 bits per heavy atom. The third-order valence-electron chi connectivity index (χ3n) is 1.86. The maximum absolute atomic E-state index is 9.39. The highest BCUT2D eigenvalue weighted by molar-refractivity contribution is 5.35. The molecule has 0 aliphatic heterocycles. The van der Waals surface area contributed by atoms with E-state index in [2.05, 4.69) is 12.7 Å². The first-order chi connectivity index (χ1) is 5.59. The summed E-state index contributed by atoms with van der Waals surface area (Å²) in [5, 5.41) is 9.39. The van der Waals surface area contributed by atoms with E-state index in [4.69, 9.17) is 0 Å². The van der Waals surface area contributed by atoms with E-state index >= 15 is 0 Å². The van der Waals surface area contributed by atoms with E-state index in [1.54, 1.807) is 0 Å². The van der Waals surface area contributed by atoms with Crippen LogP contribution in [0.1, 0.15) is 18.1 Å². The monoisotopic (exact) mass is 166 g/mol. The second-order valence-electron chi connectivity index (χ2n) is 3.43. The van der Waals surface area contributed by atoms with Gasteiger partial charge in [-0.05, 0) is 31.0 Å². The predicted molar refractivity (Wildman–Crippen MR) is 48.9 cm³/mol. The SMILES string of the molecule is Cc1ccc(C[C@@H](C)[NH3+])cc1O. The minimum atomic E-state index is 0.383. The Labute approximate surface area is 73.0 Å². The summed E-state index contributed by atoms with van der Waals surface area (Å²) in [5.41, 5.74) is 5.98. The topological polar surface area (TPSA) is 47.9 Å².